The predicted octanol–water partition coefficient (Wildman–Crippen LogP) is 2.60. The van der Waals surface area contributed by atoms with E-state index < -0.39 is 0 Å². The highest BCUT2D eigenvalue weighted by molar-refractivity contribution is 4.67. The Morgan fingerprint density at radius 3 is 2.07 bits per heavy atom. The van der Waals surface area contributed by atoms with Crippen molar-refractivity contribution in [1.29, 1.82) is 0 Å². The van der Waals surface area contributed by atoms with Crippen LogP contribution in [0.2, 0.25) is 0 Å². The molecule has 0 aromatic heterocycles. The molecule has 0 aromatic carbocycles. The van der Waals surface area contributed by atoms with Crippen molar-refractivity contribution >= 4 is 0 Å². The Hall–Kier alpha value is -0.0800. The Bertz CT molecular complexity index is 132. The van der Waals surface area contributed by atoms with Gasteiger partial charge in [0.2, 0.25) is 0 Å². The summed E-state index contributed by atoms with van der Waals surface area (Å²) < 4.78 is 0. The molecule has 0 rings (SSSR count). The fraction of sp³-hybridized carbons (Fsp3) is 1.00. The van der Waals surface area contributed by atoms with Gasteiger partial charge in [0.1, 0.15) is 0 Å². The van der Waals surface area contributed by atoms with Crippen LogP contribution in [0.1, 0.15) is 40.5 Å². The van der Waals surface area contributed by atoms with Crippen molar-refractivity contribution < 1.29 is 0 Å². The molecule has 0 amide bonds. The van der Waals surface area contributed by atoms with E-state index in [0.717, 1.165) is 18.4 Å². The maximum atomic E-state index is 3.25. The average Bonchev–Trinajstić information content (AvgIpc) is 2.24. The first-order valence-corrected chi connectivity index (χ1v) is 6.54. The van der Waals surface area contributed by atoms with Crippen molar-refractivity contribution in [2.45, 2.75) is 40.5 Å². The van der Waals surface area contributed by atoms with Gasteiger partial charge < -0.3 is 10.2 Å². The van der Waals surface area contributed by atoms with E-state index in [9.17, 15) is 0 Å². The highest BCUT2D eigenvalue weighted by Crippen LogP contribution is 2.11. The van der Waals surface area contributed by atoms with Crippen molar-refractivity contribution in [3.8, 4) is 0 Å². The second-order valence-corrected chi connectivity index (χ2v) is 4.70. The van der Waals surface area contributed by atoms with E-state index in [2.05, 4.69) is 37.9 Å². The van der Waals surface area contributed by atoms with Crippen LogP contribution in [0.25, 0.3) is 0 Å². The minimum Gasteiger partial charge on any atom is -0.319 e. The highest BCUT2D eigenvalue weighted by atomic mass is 15.1. The van der Waals surface area contributed by atoms with E-state index in [4.69, 9.17) is 0 Å². The van der Waals surface area contributed by atoms with Crippen LogP contribution in [0, 0.1) is 11.8 Å². The molecule has 0 aliphatic heterocycles. The summed E-state index contributed by atoms with van der Waals surface area (Å²) in [6, 6.07) is 0. The maximum absolute atomic E-state index is 3.25. The lowest BCUT2D eigenvalue weighted by Gasteiger charge is -2.27. The lowest BCUT2D eigenvalue weighted by atomic mass is 10.0. The summed E-state index contributed by atoms with van der Waals surface area (Å²) in [5.41, 5.74) is 0. The first kappa shape index (κ1) is 14.9. The summed E-state index contributed by atoms with van der Waals surface area (Å²) in [6.07, 6.45) is 2.63. The molecule has 92 valence electrons. The molecule has 2 heteroatoms. The van der Waals surface area contributed by atoms with E-state index in [0.29, 0.717) is 0 Å². The third-order valence-corrected chi connectivity index (χ3v) is 3.24. The number of rotatable bonds is 9. The van der Waals surface area contributed by atoms with Gasteiger partial charge in [-0.05, 0) is 32.0 Å². The number of nitrogens with zero attached hydrogens (tertiary/aromatic N) is 1. The minimum absolute atomic E-state index is 0.754. The fourth-order valence-electron chi connectivity index (χ4n) is 2.10. The summed E-state index contributed by atoms with van der Waals surface area (Å²) in [5.74, 6) is 1.64. The molecule has 0 aromatic rings. The van der Waals surface area contributed by atoms with E-state index in [1.807, 2.05) is 7.05 Å². The normalized spacial score (nSPS) is 13.8. The van der Waals surface area contributed by atoms with E-state index in [1.54, 1.807) is 0 Å². The second-order valence-electron chi connectivity index (χ2n) is 4.70. The lowest BCUT2D eigenvalue weighted by molar-refractivity contribution is 0.205. The molecule has 1 unspecified atom stereocenters. The van der Waals surface area contributed by atoms with Crippen LogP contribution in [0.4, 0.5) is 0 Å². The van der Waals surface area contributed by atoms with Crippen LogP contribution >= 0.6 is 0 Å². The van der Waals surface area contributed by atoms with Crippen molar-refractivity contribution in [1.82, 2.24) is 10.2 Å². The molecule has 1 atom stereocenters. The van der Waals surface area contributed by atoms with Gasteiger partial charge in [0.25, 0.3) is 0 Å². The summed E-state index contributed by atoms with van der Waals surface area (Å²) in [7, 11) is 2.04. The summed E-state index contributed by atoms with van der Waals surface area (Å²) in [6.45, 7) is 14.0. The van der Waals surface area contributed by atoms with E-state index in [-0.39, 0.29) is 0 Å². The van der Waals surface area contributed by atoms with Gasteiger partial charge in [-0.1, -0.05) is 40.5 Å². The topological polar surface area (TPSA) is 15.3 Å². The molecule has 0 bridgehead atoms. The van der Waals surface area contributed by atoms with Gasteiger partial charge in [-0.2, -0.15) is 0 Å². The van der Waals surface area contributed by atoms with Crippen molar-refractivity contribution in [2.24, 2.45) is 11.8 Å². The highest BCUT2D eigenvalue weighted by Gasteiger charge is 2.12. The Kier molecular flexibility index (Phi) is 9.12. The van der Waals surface area contributed by atoms with Gasteiger partial charge in [-0.15, -0.1) is 0 Å². The average molecular weight is 214 g/mol. The summed E-state index contributed by atoms with van der Waals surface area (Å²) >= 11 is 0. The molecule has 1 N–H and O–H groups in total. The van der Waals surface area contributed by atoms with E-state index in [1.165, 1.54) is 32.5 Å². The smallest absolute Gasteiger partial charge is 0.00191 e. The van der Waals surface area contributed by atoms with Crippen molar-refractivity contribution in [2.75, 3.05) is 33.2 Å². The zero-order chi connectivity index (χ0) is 11.7. The molecule has 0 spiro atoms. The molecule has 2 nitrogen and oxygen atoms in total. The molecule has 0 aliphatic rings. The summed E-state index contributed by atoms with van der Waals surface area (Å²) in [4.78, 5) is 2.60. The van der Waals surface area contributed by atoms with Gasteiger partial charge in [0.05, 0.1) is 0 Å². The standard InChI is InChI=1S/C13H30N2/c1-6-13(7-2)11-15(8-3)10-12(4)9-14-5/h12-14H,6-11H2,1-5H3. The Balaban J connectivity index is 3.90. The van der Waals surface area contributed by atoms with Crippen LogP contribution in [0.5, 0.6) is 0 Å². The maximum Gasteiger partial charge on any atom is 0.00191 e. The molecule has 0 heterocycles. The molecular weight excluding hydrogens is 184 g/mol. The molecular formula is C13H30N2. The van der Waals surface area contributed by atoms with Crippen LogP contribution < -0.4 is 5.32 Å². The quantitative estimate of drug-likeness (QED) is 0.635. The summed E-state index contributed by atoms with van der Waals surface area (Å²) in [5, 5.41) is 3.25. The van der Waals surface area contributed by atoms with Crippen LogP contribution in [0.3, 0.4) is 0 Å². The molecule has 15 heavy (non-hydrogen) atoms. The minimum atomic E-state index is 0.754. The molecule has 0 saturated heterocycles. The Morgan fingerprint density at radius 1 is 1.07 bits per heavy atom. The third kappa shape index (κ3) is 6.91. The lowest BCUT2D eigenvalue weighted by Crippen LogP contribution is -2.35. The second kappa shape index (κ2) is 9.17. The van der Waals surface area contributed by atoms with Crippen LogP contribution in [-0.4, -0.2) is 38.1 Å². The first-order chi connectivity index (χ1) is 7.17. The fourth-order valence-corrected chi connectivity index (χ4v) is 2.10. The Morgan fingerprint density at radius 2 is 1.67 bits per heavy atom. The van der Waals surface area contributed by atoms with Gasteiger partial charge in [0, 0.05) is 13.1 Å². The number of hydrogen-bond donors (Lipinski definition) is 1. The molecule has 0 fully saturated rings. The zero-order valence-electron chi connectivity index (χ0n) is 11.3. The van der Waals surface area contributed by atoms with Gasteiger partial charge in [-0.3, -0.25) is 0 Å². The predicted molar refractivity (Wildman–Crippen MR) is 69.3 cm³/mol. The van der Waals surface area contributed by atoms with Crippen molar-refractivity contribution in [3.63, 3.8) is 0 Å². The van der Waals surface area contributed by atoms with Crippen molar-refractivity contribution in [3.05, 3.63) is 0 Å². The largest absolute Gasteiger partial charge is 0.319 e. The monoisotopic (exact) mass is 214 g/mol. The van der Waals surface area contributed by atoms with Crippen LogP contribution in [0.15, 0.2) is 0 Å². The SMILES string of the molecule is CCC(CC)CN(CC)CC(C)CNC. The first-order valence-electron chi connectivity index (χ1n) is 6.54. The van der Waals surface area contributed by atoms with Gasteiger partial charge in [0.15, 0.2) is 0 Å². The van der Waals surface area contributed by atoms with Crippen LogP contribution in [-0.2, 0) is 0 Å². The molecule has 0 aliphatic carbocycles. The zero-order valence-corrected chi connectivity index (χ0v) is 11.3. The van der Waals surface area contributed by atoms with E-state index >= 15 is 0 Å². The molecule has 0 saturated carbocycles. The van der Waals surface area contributed by atoms with Gasteiger partial charge in [-0.25, -0.2) is 0 Å². The number of nitrogens with one attached hydrogen (secondary N) is 1. The molecule has 0 radical (unpaired) electrons. The number of hydrogen-bond acceptors (Lipinski definition) is 2. The third-order valence-electron chi connectivity index (χ3n) is 3.24. The van der Waals surface area contributed by atoms with Gasteiger partial charge >= 0.3 is 0 Å². The Labute approximate surface area is 96.4 Å².